The van der Waals surface area contributed by atoms with Crippen LogP contribution in [-0.2, 0) is 36.4 Å². The topological polar surface area (TPSA) is 519 Å². The van der Waals surface area contributed by atoms with Crippen molar-refractivity contribution >= 4 is 35.4 Å². The number of aliphatic hydroxyl groups is 11. The largest absolute Gasteiger partial charge is 0.490 e. The number of aliphatic hydroxyl groups excluding tert-OH is 11. The fourth-order valence-electron chi connectivity index (χ4n) is 2.87. The number of carbonyl (C=O) groups is 2. The summed E-state index contributed by atoms with van der Waals surface area (Å²) in [5.41, 5.74) is 11.8. The minimum Gasteiger partial charge on any atom is -0.394 e. The molecule has 2 rings (SSSR count). The smallest absolute Gasteiger partial charge is 0.394 e. The lowest BCUT2D eigenvalue weighted by Crippen LogP contribution is -2.56. The number of ether oxygens (including phenoxy) is 1. The Labute approximate surface area is 300 Å². The number of nitrogens with two attached hydrogens (primary N) is 3. The Morgan fingerprint density at radius 1 is 0.679 bits per heavy atom. The maximum absolute atomic E-state index is 11.8. The highest BCUT2D eigenvalue weighted by atomic mass is 31.3. The van der Waals surface area contributed by atoms with Crippen LogP contribution in [0.2, 0.25) is 0 Å². The molecule has 2 unspecified atom stereocenters. The zero-order valence-electron chi connectivity index (χ0n) is 27.7. The number of imide groups is 1. The van der Waals surface area contributed by atoms with Crippen LogP contribution in [-0.4, -0.2) is 206 Å². The van der Waals surface area contributed by atoms with Gasteiger partial charge >= 0.3 is 29.5 Å². The van der Waals surface area contributed by atoms with Crippen molar-refractivity contribution < 1.29 is 117 Å². The molecule has 29 nitrogen and oxygen atoms in total. The molecule has 318 valence electrons. The summed E-state index contributed by atoms with van der Waals surface area (Å²) in [7, 11) is -16.7. The van der Waals surface area contributed by atoms with Crippen molar-refractivity contribution in [3.63, 3.8) is 0 Å². The summed E-state index contributed by atoms with van der Waals surface area (Å²) in [5, 5.41) is 97.0. The van der Waals surface area contributed by atoms with E-state index in [1.807, 2.05) is 5.32 Å². The fourth-order valence-corrected chi connectivity index (χ4v) is 5.90. The van der Waals surface area contributed by atoms with Crippen molar-refractivity contribution in [1.29, 1.82) is 0 Å². The lowest BCUT2D eigenvalue weighted by Gasteiger charge is -2.32. The van der Waals surface area contributed by atoms with Crippen molar-refractivity contribution in [2.24, 2.45) is 17.2 Å². The number of rotatable bonds is 17. The monoisotopic (exact) mass is 849 g/mol. The highest BCUT2D eigenvalue weighted by Gasteiger charge is 2.49. The van der Waals surface area contributed by atoms with E-state index in [-0.39, 0.29) is 13.0 Å². The summed E-state index contributed by atoms with van der Waals surface area (Å²) in [4.78, 5) is 59.1. The molecule has 0 spiro atoms. The molecule has 6 atom stereocenters. The molecular formula is C21H50N5O24P3. The van der Waals surface area contributed by atoms with Crippen LogP contribution < -0.4 is 22.5 Å². The molecule has 0 aliphatic carbocycles. The number of phosphoric ester groups is 1. The van der Waals surface area contributed by atoms with Crippen molar-refractivity contribution in [2.75, 3.05) is 72.6 Å². The van der Waals surface area contributed by atoms with Crippen LogP contribution in [0, 0.1) is 0 Å². The van der Waals surface area contributed by atoms with Gasteiger partial charge in [0.1, 0.15) is 18.3 Å². The number of carbonyl (C=O) groups excluding carboxylic acids is 2. The van der Waals surface area contributed by atoms with Gasteiger partial charge in [-0.15, -0.1) is 0 Å². The van der Waals surface area contributed by atoms with Gasteiger partial charge in [-0.25, -0.2) is 18.5 Å². The third-order valence-corrected chi connectivity index (χ3v) is 10.2. The summed E-state index contributed by atoms with van der Waals surface area (Å²) in [5.74, 6) is -0.566. The van der Waals surface area contributed by atoms with Gasteiger partial charge in [-0.2, -0.15) is 8.62 Å². The number of urea groups is 1. The average molecular weight is 850 g/mol. The van der Waals surface area contributed by atoms with Gasteiger partial charge in [0.05, 0.1) is 82.7 Å². The van der Waals surface area contributed by atoms with Gasteiger partial charge in [-0.1, -0.05) is 0 Å². The van der Waals surface area contributed by atoms with Crippen LogP contribution >= 0.6 is 23.5 Å². The summed E-state index contributed by atoms with van der Waals surface area (Å²) in [6, 6.07) is -0.911. The Balaban J connectivity index is 0. The summed E-state index contributed by atoms with van der Waals surface area (Å²) < 4.78 is 50.0. The number of phosphoric acid groups is 3. The van der Waals surface area contributed by atoms with E-state index in [0.29, 0.717) is 0 Å². The van der Waals surface area contributed by atoms with Gasteiger partial charge in [0.2, 0.25) is 5.91 Å². The zero-order valence-corrected chi connectivity index (χ0v) is 30.4. The van der Waals surface area contributed by atoms with Crippen LogP contribution in [0.4, 0.5) is 4.79 Å². The quantitative estimate of drug-likeness (QED) is 0.0604. The first-order valence-corrected chi connectivity index (χ1v) is 18.9. The first-order chi connectivity index (χ1) is 24.1. The second kappa shape index (κ2) is 23.7. The Morgan fingerprint density at radius 2 is 1.06 bits per heavy atom. The van der Waals surface area contributed by atoms with E-state index >= 15 is 0 Å². The highest BCUT2D eigenvalue weighted by molar-refractivity contribution is 7.66. The molecule has 2 saturated heterocycles. The number of nitrogens with zero attached hydrogens (tertiary/aromatic N) is 1. The molecule has 53 heavy (non-hydrogen) atoms. The molecule has 0 aromatic rings. The maximum Gasteiger partial charge on any atom is 0.490 e. The van der Waals surface area contributed by atoms with Crippen molar-refractivity contribution in [2.45, 2.75) is 47.6 Å². The Bertz CT molecular complexity index is 1170. The van der Waals surface area contributed by atoms with Gasteiger partial charge in [0, 0.05) is 13.0 Å². The molecule has 3 amide bonds. The van der Waals surface area contributed by atoms with Crippen LogP contribution in [0.3, 0.4) is 0 Å². The van der Waals surface area contributed by atoms with Gasteiger partial charge in [-0.05, 0) is 0 Å². The predicted molar refractivity (Wildman–Crippen MR) is 170 cm³/mol. The first kappa shape index (κ1) is 53.9. The van der Waals surface area contributed by atoms with Crippen molar-refractivity contribution in [3.05, 3.63) is 0 Å². The van der Waals surface area contributed by atoms with Crippen molar-refractivity contribution in [1.82, 2.24) is 10.2 Å². The molecule has 2 fully saturated rings. The van der Waals surface area contributed by atoms with E-state index in [1.165, 1.54) is 0 Å². The first-order valence-electron chi connectivity index (χ1n) is 14.4. The van der Waals surface area contributed by atoms with E-state index < -0.39 is 143 Å². The minimum atomic E-state index is -5.72. The summed E-state index contributed by atoms with van der Waals surface area (Å²) in [6.07, 6.45) is -6.56. The molecule has 0 saturated carbocycles. The lowest BCUT2D eigenvalue weighted by molar-refractivity contribution is -0.125. The third-order valence-electron chi connectivity index (χ3n) is 6.38. The molecule has 22 N–H and O–H groups in total. The number of hydrogen-bond acceptors (Lipinski definition) is 23. The second-order valence-corrected chi connectivity index (χ2v) is 15.7. The Morgan fingerprint density at radius 3 is 1.36 bits per heavy atom. The molecular weight excluding hydrogens is 799 g/mol. The van der Waals surface area contributed by atoms with Crippen LogP contribution in [0.15, 0.2) is 0 Å². The van der Waals surface area contributed by atoms with E-state index in [0.717, 1.165) is 4.90 Å². The van der Waals surface area contributed by atoms with E-state index in [4.69, 9.17) is 82.6 Å². The van der Waals surface area contributed by atoms with Crippen LogP contribution in [0.1, 0.15) is 6.42 Å². The molecule has 0 aromatic carbocycles. The van der Waals surface area contributed by atoms with Crippen molar-refractivity contribution in [3.8, 4) is 0 Å². The van der Waals surface area contributed by atoms with Crippen LogP contribution in [0.25, 0.3) is 0 Å². The highest BCUT2D eigenvalue weighted by Crippen LogP contribution is 2.66. The molecule has 2 aliphatic heterocycles. The predicted octanol–water partition coefficient (Wildman–Crippen LogP) is -9.30. The Hall–Kier alpha value is -1.25. The van der Waals surface area contributed by atoms with Gasteiger partial charge in [0.15, 0.2) is 6.23 Å². The second-order valence-electron chi connectivity index (χ2n) is 11.2. The van der Waals surface area contributed by atoms with Gasteiger partial charge in [0.25, 0.3) is 0 Å². The number of hydrogen-bond donors (Lipinski definition) is 19. The Kier molecular flexibility index (Phi) is 24.1. The molecule has 0 bridgehead atoms. The summed E-state index contributed by atoms with van der Waals surface area (Å²) >= 11 is 0. The maximum atomic E-state index is 11.8. The average Bonchev–Trinajstić information content (AvgIpc) is 3.37. The zero-order chi connectivity index (χ0) is 42.1. The van der Waals surface area contributed by atoms with E-state index in [1.54, 1.807) is 0 Å². The molecule has 2 heterocycles. The molecule has 0 radical (unpaired) electrons. The van der Waals surface area contributed by atoms with Crippen LogP contribution in [0.5, 0.6) is 0 Å². The third kappa shape index (κ3) is 20.5. The number of nitrogens with one attached hydrogen (secondary N) is 1. The normalized spacial score (nSPS) is 23.2. The van der Waals surface area contributed by atoms with E-state index in [2.05, 4.69) is 13.1 Å². The van der Waals surface area contributed by atoms with E-state index in [9.17, 15) is 38.4 Å². The minimum absolute atomic E-state index is 0.110. The molecule has 0 aromatic heterocycles. The van der Waals surface area contributed by atoms with Gasteiger partial charge in [-0.3, -0.25) is 19.5 Å². The standard InChI is InChI=1S/C9H17N2O15P3.3C4H11NO3/c12-5-1-2-11(9(15)10-5)8-7(14)6(13)4(24-8)3-23-28(19,20)26-29(21,22)25-27(16,17)18;3*5-4(1-6,2-7)3-8/h4,6-8,13-14H,1-3H2,(H,19,20)(H,21,22)(H,10,12,15)(H2,16,17,18);3*6-8H,1-3,5H2/t4-,6-,7-,8-;;;/m1.../s1. The molecule has 32 heteroatoms. The molecule has 2 aliphatic rings. The number of amides is 3. The summed E-state index contributed by atoms with van der Waals surface area (Å²) in [6.45, 7) is -4.80. The SMILES string of the molecule is NC(CO)(CO)CO.NC(CO)(CO)CO.NC(CO)(CO)CO.O=C1CCN([C@@H]2O[C@H](COP(=O)(O)OP(=O)(O)OP(=O)(O)O)[C@@H](O)[C@H]2O)C(=O)N1. The van der Waals surface area contributed by atoms with Gasteiger partial charge < -0.3 is 97.7 Å². The lowest BCUT2D eigenvalue weighted by atomic mass is 10.1. The fraction of sp³-hybridized carbons (Fsp3) is 0.905.